The van der Waals surface area contributed by atoms with Crippen molar-refractivity contribution in [3.8, 4) is 0 Å². The van der Waals surface area contributed by atoms with Crippen molar-refractivity contribution in [1.29, 1.82) is 0 Å². The van der Waals surface area contributed by atoms with Crippen molar-refractivity contribution in [2.45, 2.75) is 25.4 Å². The van der Waals surface area contributed by atoms with Crippen LogP contribution in [0.4, 0.5) is 0 Å². The fraction of sp³-hybridized carbons (Fsp3) is 0.467. The number of hydrogen-bond acceptors (Lipinski definition) is 5. The molecule has 20 heavy (non-hydrogen) atoms. The third kappa shape index (κ3) is 3.17. The molecule has 0 aromatic heterocycles. The highest BCUT2D eigenvalue weighted by Crippen LogP contribution is 2.22. The lowest BCUT2D eigenvalue weighted by Gasteiger charge is -2.33. The Balaban J connectivity index is 2.14. The lowest BCUT2D eigenvalue weighted by molar-refractivity contribution is -0.154. The standard InChI is InChI=1S/C15H19NO4/c1-19-14(17)9-13(15(18)20-2)16-8-7-11-5-3-4-6-12(11)10-16/h3-6,13H,7-10H2,1-2H3/t13-/m0/s1. The number of carbonyl (C=O) groups excluding carboxylic acids is 2. The van der Waals surface area contributed by atoms with E-state index in [0.717, 1.165) is 13.0 Å². The minimum absolute atomic E-state index is 0.0192. The van der Waals surface area contributed by atoms with Crippen LogP contribution in [0.5, 0.6) is 0 Å². The molecular weight excluding hydrogens is 258 g/mol. The molecule has 1 atom stereocenters. The lowest BCUT2D eigenvalue weighted by Crippen LogP contribution is -2.45. The maximum Gasteiger partial charge on any atom is 0.323 e. The Hall–Kier alpha value is -1.88. The molecule has 0 unspecified atom stereocenters. The summed E-state index contributed by atoms with van der Waals surface area (Å²) in [5.74, 6) is -0.797. The van der Waals surface area contributed by atoms with Gasteiger partial charge in [-0.25, -0.2) is 0 Å². The lowest BCUT2D eigenvalue weighted by atomic mass is 9.98. The predicted molar refractivity (Wildman–Crippen MR) is 73.0 cm³/mol. The van der Waals surface area contributed by atoms with Gasteiger partial charge < -0.3 is 9.47 Å². The summed E-state index contributed by atoms with van der Waals surface area (Å²) in [5.41, 5.74) is 2.49. The number of ether oxygens (including phenoxy) is 2. The minimum Gasteiger partial charge on any atom is -0.469 e. The van der Waals surface area contributed by atoms with Crippen LogP contribution in [0.1, 0.15) is 17.5 Å². The average Bonchev–Trinajstić information content (AvgIpc) is 2.51. The summed E-state index contributed by atoms with van der Waals surface area (Å²) < 4.78 is 9.47. The molecule has 5 heteroatoms. The van der Waals surface area contributed by atoms with Gasteiger partial charge in [0.05, 0.1) is 20.6 Å². The molecule has 5 nitrogen and oxygen atoms in total. The number of fused-ring (bicyclic) bond motifs is 1. The van der Waals surface area contributed by atoms with Crippen LogP contribution in [0.2, 0.25) is 0 Å². The molecule has 0 fully saturated rings. The van der Waals surface area contributed by atoms with Gasteiger partial charge in [0.2, 0.25) is 0 Å². The first kappa shape index (κ1) is 14.5. The van der Waals surface area contributed by atoms with E-state index < -0.39 is 18.0 Å². The number of nitrogens with zero attached hydrogens (tertiary/aromatic N) is 1. The fourth-order valence-corrected chi connectivity index (χ4v) is 2.52. The highest BCUT2D eigenvalue weighted by Gasteiger charge is 2.31. The summed E-state index contributed by atoms with van der Waals surface area (Å²) in [7, 11) is 2.66. The van der Waals surface area contributed by atoms with E-state index in [-0.39, 0.29) is 6.42 Å². The molecule has 0 amide bonds. The number of benzene rings is 1. The molecular formula is C15H19NO4. The van der Waals surface area contributed by atoms with Crippen LogP contribution in [0, 0.1) is 0 Å². The van der Waals surface area contributed by atoms with E-state index in [2.05, 4.69) is 10.8 Å². The van der Waals surface area contributed by atoms with Crippen molar-refractivity contribution in [1.82, 2.24) is 4.90 Å². The quantitative estimate of drug-likeness (QED) is 0.773. The Morgan fingerprint density at radius 1 is 1.20 bits per heavy atom. The highest BCUT2D eigenvalue weighted by atomic mass is 16.5. The van der Waals surface area contributed by atoms with Gasteiger partial charge >= 0.3 is 11.9 Å². The third-order valence-electron chi connectivity index (χ3n) is 3.66. The first-order chi connectivity index (χ1) is 9.65. The van der Waals surface area contributed by atoms with Crippen LogP contribution in [0.15, 0.2) is 24.3 Å². The van der Waals surface area contributed by atoms with E-state index in [9.17, 15) is 9.59 Å². The summed E-state index contributed by atoms with van der Waals surface area (Å²) in [4.78, 5) is 25.4. The predicted octanol–water partition coefficient (Wildman–Crippen LogP) is 1.15. The van der Waals surface area contributed by atoms with Gasteiger partial charge in [0.15, 0.2) is 0 Å². The molecule has 0 radical (unpaired) electrons. The molecule has 0 saturated heterocycles. The van der Waals surface area contributed by atoms with Gasteiger partial charge in [-0.15, -0.1) is 0 Å². The smallest absolute Gasteiger partial charge is 0.323 e. The van der Waals surface area contributed by atoms with E-state index >= 15 is 0 Å². The van der Waals surface area contributed by atoms with E-state index in [0.29, 0.717) is 6.54 Å². The molecule has 0 aliphatic carbocycles. The second-order valence-corrected chi connectivity index (χ2v) is 4.81. The SMILES string of the molecule is COC(=O)C[C@@H](C(=O)OC)N1CCc2ccccc2C1. The van der Waals surface area contributed by atoms with Crippen molar-refractivity contribution in [2.24, 2.45) is 0 Å². The van der Waals surface area contributed by atoms with Gasteiger partial charge in [0.25, 0.3) is 0 Å². The van der Waals surface area contributed by atoms with E-state index in [1.54, 1.807) is 0 Å². The minimum atomic E-state index is -0.583. The first-order valence-corrected chi connectivity index (χ1v) is 6.61. The monoisotopic (exact) mass is 277 g/mol. The van der Waals surface area contributed by atoms with Crippen molar-refractivity contribution in [3.63, 3.8) is 0 Å². The molecule has 2 rings (SSSR count). The maximum atomic E-state index is 11.9. The fourth-order valence-electron chi connectivity index (χ4n) is 2.52. The molecule has 1 aromatic rings. The summed E-state index contributed by atoms with van der Waals surface area (Å²) in [6.07, 6.45) is 0.885. The highest BCUT2D eigenvalue weighted by molar-refractivity contribution is 5.82. The van der Waals surface area contributed by atoms with Crippen LogP contribution in [0.3, 0.4) is 0 Å². The number of esters is 2. The number of rotatable bonds is 4. The topological polar surface area (TPSA) is 55.8 Å². The number of hydrogen-bond donors (Lipinski definition) is 0. The molecule has 1 heterocycles. The molecule has 108 valence electrons. The number of methoxy groups -OCH3 is 2. The van der Waals surface area contributed by atoms with Crippen LogP contribution < -0.4 is 0 Å². The van der Waals surface area contributed by atoms with Crippen molar-refractivity contribution >= 4 is 11.9 Å². The second-order valence-electron chi connectivity index (χ2n) is 4.81. The third-order valence-corrected chi connectivity index (χ3v) is 3.66. The Labute approximate surface area is 118 Å². The number of carbonyl (C=O) groups is 2. The van der Waals surface area contributed by atoms with Gasteiger partial charge in [-0.1, -0.05) is 24.3 Å². The second kappa shape index (κ2) is 6.52. The summed E-state index contributed by atoms with van der Waals surface area (Å²) in [5, 5.41) is 0. The van der Waals surface area contributed by atoms with Gasteiger partial charge in [-0.3, -0.25) is 14.5 Å². The molecule has 0 bridgehead atoms. The van der Waals surface area contributed by atoms with Crippen molar-refractivity contribution in [2.75, 3.05) is 20.8 Å². The summed E-state index contributed by atoms with van der Waals surface area (Å²) in [6.45, 7) is 1.38. The van der Waals surface area contributed by atoms with Crippen LogP contribution in [-0.2, 0) is 32.0 Å². The largest absolute Gasteiger partial charge is 0.469 e. The van der Waals surface area contributed by atoms with Crippen molar-refractivity contribution in [3.05, 3.63) is 35.4 Å². The normalized spacial score (nSPS) is 16.1. The van der Waals surface area contributed by atoms with Gasteiger partial charge in [0.1, 0.15) is 6.04 Å². The zero-order valence-corrected chi connectivity index (χ0v) is 11.8. The van der Waals surface area contributed by atoms with E-state index in [4.69, 9.17) is 4.74 Å². The van der Waals surface area contributed by atoms with Gasteiger partial charge in [-0.05, 0) is 17.5 Å². The zero-order valence-electron chi connectivity index (χ0n) is 11.8. The Morgan fingerprint density at radius 2 is 1.90 bits per heavy atom. The molecule has 0 N–H and O–H groups in total. The molecule has 1 aromatic carbocycles. The van der Waals surface area contributed by atoms with Gasteiger partial charge in [-0.2, -0.15) is 0 Å². The zero-order chi connectivity index (χ0) is 14.5. The molecule has 1 aliphatic rings. The summed E-state index contributed by atoms with van der Waals surface area (Å²) in [6, 6.07) is 7.56. The Morgan fingerprint density at radius 3 is 2.55 bits per heavy atom. The summed E-state index contributed by atoms with van der Waals surface area (Å²) >= 11 is 0. The average molecular weight is 277 g/mol. The molecule has 0 saturated carbocycles. The Kier molecular flexibility index (Phi) is 4.74. The van der Waals surface area contributed by atoms with Crippen molar-refractivity contribution < 1.29 is 19.1 Å². The molecule has 0 spiro atoms. The van der Waals surface area contributed by atoms with Gasteiger partial charge in [0, 0.05) is 13.1 Å². The van der Waals surface area contributed by atoms with Crippen LogP contribution in [-0.4, -0.2) is 43.6 Å². The van der Waals surface area contributed by atoms with Crippen LogP contribution >= 0.6 is 0 Å². The molecule has 1 aliphatic heterocycles. The Bertz CT molecular complexity index is 500. The van der Waals surface area contributed by atoms with Crippen LogP contribution in [0.25, 0.3) is 0 Å². The first-order valence-electron chi connectivity index (χ1n) is 6.61. The van der Waals surface area contributed by atoms with E-state index in [1.165, 1.54) is 25.3 Å². The maximum absolute atomic E-state index is 11.9. The van der Waals surface area contributed by atoms with E-state index in [1.807, 2.05) is 23.1 Å².